The van der Waals surface area contributed by atoms with Gasteiger partial charge in [-0.1, -0.05) is 36.4 Å². The fourth-order valence-electron chi connectivity index (χ4n) is 1.82. The molecule has 0 saturated carbocycles. The van der Waals surface area contributed by atoms with E-state index in [0.29, 0.717) is 5.92 Å². The van der Waals surface area contributed by atoms with Gasteiger partial charge >= 0.3 is 18.9 Å². The zero-order valence-corrected chi connectivity index (χ0v) is 9.86. The Morgan fingerprint density at radius 1 is 1.29 bits per heavy atom. The van der Waals surface area contributed by atoms with Crippen LogP contribution in [0.4, 0.5) is 0 Å². The molecule has 0 radical (unpaired) electrons. The summed E-state index contributed by atoms with van der Waals surface area (Å²) in [6.07, 6.45) is 5.62. The first-order chi connectivity index (χ1) is 6.42. The third-order valence-electron chi connectivity index (χ3n) is 2.54. The minimum absolute atomic E-state index is 0. The molecule has 0 aromatic heterocycles. The van der Waals surface area contributed by atoms with E-state index < -0.39 is 0 Å². The maximum Gasteiger partial charge on any atom is 0.145 e. The third-order valence-corrected chi connectivity index (χ3v) is 2.94. The largest absolute Gasteiger partial charge is 0.428 e. The molecule has 0 spiro atoms. The van der Waals surface area contributed by atoms with Gasteiger partial charge in [-0.25, -0.2) is 0 Å². The summed E-state index contributed by atoms with van der Waals surface area (Å²) in [6.45, 7) is 0.898. The molecule has 1 aliphatic rings. The quantitative estimate of drug-likeness (QED) is 0.654. The Bertz CT molecular complexity index is 325. The van der Waals surface area contributed by atoms with Crippen LogP contribution >= 0.6 is 0 Å². The average Bonchev–Trinajstić information content (AvgIpc) is 2.58. The molecule has 1 unspecified atom stereocenters. The van der Waals surface area contributed by atoms with Gasteiger partial charge in [0.15, 0.2) is 0 Å². The molecule has 1 atom stereocenters. The second-order valence-electron chi connectivity index (χ2n) is 3.38. The number of hydrogen-bond acceptors (Lipinski definition) is 1. The monoisotopic (exact) mass is 198 g/mol. The van der Waals surface area contributed by atoms with Crippen LogP contribution in [0.25, 0.3) is 6.08 Å². The van der Waals surface area contributed by atoms with Crippen LogP contribution in [0.2, 0.25) is 0 Å². The van der Waals surface area contributed by atoms with Crippen molar-refractivity contribution >= 4 is 35.4 Å². The van der Waals surface area contributed by atoms with Crippen LogP contribution in [0.5, 0.6) is 0 Å². The summed E-state index contributed by atoms with van der Waals surface area (Å²) < 4.78 is 5.22. The predicted octanol–water partition coefficient (Wildman–Crippen LogP) is 0.836. The van der Waals surface area contributed by atoms with Crippen LogP contribution in [0.3, 0.4) is 0 Å². The molecule has 0 fully saturated rings. The van der Waals surface area contributed by atoms with E-state index in [4.69, 9.17) is 4.43 Å². The summed E-state index contributed by atoms with van der Waals surface area (Å²) in [5.41, 5.74) is 2.84. The fourth-order valence-corrected chi connectivity index (χ4v) is 2.06. The fraction of sp³-hybridized carbons (Fsp3) is 0.273. The summed E-state index contributed by atoms with van der Waals surface area (Å²) in [6, 6.07) is 8.59. The maximum absolute atomic E-state index is 5.22. The van der Waals surface area contributed by atoms with Crippen LogP contribution in [-0.2, 0) is 4.43 Å². The third kappa shape index (κ3) is 2.40. The summed E-state index contributed by atoms with van der Waals surface area (Å²) in [4.78, 5) is 0. The zero-order chi connectivity index (χ0) is 9.10. The Morgan fingerprint density at radius 2 is 2.07 bits per heavy atom. The molecule has 1 nitrogen and oxygen atoms in total. The molecule has 0 heterocycles. The molecule has 3 heteroatoms. The van der Waals surface area contributed by atoms with Gasteiger partial charge in [0.05, 0.1) is 0 Å². The van der Waals surface area contributed by atoms with E-state index in [1.165, 1.54) is 11.1 Å². The van der Waals surface area contributed by atoms with Crippen molar-refractivity contribution in [2.75, 3.05) is 6.61 Å². The summed E-state index contributed by atoms with van der Waals surface area (Å²) in [5.74, 6) is 0.588. The molecule has 0 bridgehead atoms. The van der Waals surface area contributed by atoms with Crippen molar-refractivity contribution in [2.24, 2.45) is 0 Å². The number of fused-ring (bicyclic) bond motifs is 1. The van der Waals surface area contributed by atoms with Crippen molar-refractivity contribution in [2.45, 2.75) is 12.3 Å². The van der Waals surface area contributed by atoms with E-state index in [1.807, 2.05) is 0 Å². The Hall–Kier alpha value is -0.266. The smallest absolute Gasteiger partial charge is 0.145 e. The van der Waals surface area contributed by atoms with Crippen LogP contribution in [0, 0.1) is 0 Å². The number of rotatable bonds is 3. The van der Waals surface area contributed by atoms with Gasteiger partial charge in [0.2, 0.25) is 0 Å². The summed E-state index contributed by atoms with van der Waals surface area (Å²) in [5, 5.41) is 0. The first-order valence-corrected chi connectivity index (χ1v) is 5.49. The Labute approximate surface area is 100 Å². The van der Waals surface area contributed by atoms with Crippen molar-refractivity contribution in [3.8, 4) is 0 Å². The molecular formula is C11H15LiOSi. The van der Waals surface area contributed by atoms with Gasteiger partial charge in [-0.05, 0) is 17.5 Å². The molecule has 1 aliphatic carbocycles. The van der Waals surface area contributed by atoms with Gasteiger partial charge in [0.1, 0.15) is 10.5 Å². The van der Waals surface area contributed by atoms with Gasteiger partial charge in [0, 0.05) is 12.5 Å². The Morgan fingerprint density at radius 3 is 2.86 bits per heavy atom. The van der Waals surface area contributed by atoms with Crippen LogP contribution in [-0.4, -0.2) is 36.0 Å². The molecule has 70 valence electrons. The SMILES string of the molecule is [LiH].[SiH3]OCCC1C=Cc2ccccc21. The van der Waals surface area contributed by atoms with Crippen molar-refractivity contribution in [3.05, 3.63) is 41.5 Å². The minimum atomic E-state index is 0. The van der Waals surface area contributed by atoms with E-state index in [9.17, 15) is 0 Å². The summed E-state index contributed by atoms with van der Waals surface area (Å²) >= 11 is 0. The first-order valence-electron chi connectivity index (χ1n) is 4.68. The molecule has 1 aromatic carbocycles. The van der Waals surface area contributed by atoms with Crippen molar-refractivity contribution in [3.63, 3.8) is 0 Å². The standard InChI is InChI=1S/C11H14OSi.Li.H/c13-12-8-7-10-6-5-9-3-1-2-4-11(9)10;;/h1-6,10H,7-8H2,13H3;;. The topological polar surface area (TPSA) is 9.23 Å². The van der Waals surface area contributed by atoms with E-state index in [1.54, 1.807) is 0 Å². The van der Waals surface area contributed by atoms with Gasteiger partial charge in [0.25, 0.3) is 0 Å². The van der Waals surface area contributed by atoms with Crippen molar-refractivity contribution in [1.29, 1.82) is 0 Å². The molecule has 0 saturated heterocycles. The minimum Gasteiger partial charge on any atom is -0.428 e. The molecule has 0 amide bonds. The van der Waals surface area contributed by atoms with E-state index in [-0.39, 0.29) is 18.9 Å². The van der Waals surface area contributed by atoms with E-state index in [0.717, 1.165) is 23.5 Å². The molecule has 0 aliphatic heterocycles. The maximum atomic E-state index is 5.22. The number of hydrogen-bond donors (Lipinski definition) is 0. The second kappa shape index (κ2) is 5.58. The van der Waals surface area contributed by atoms with Gasteiger partial charge in [-0.3, -0.25) is 0 Å². The molecular weight excluding hydrogens is 183 g/mol. The van der Waals surface area contributed by atoms with Crippen molar-refractivity contribution < 1.29 is 4.43 Å². The predicted molar refractivity (Wildman–Crippen MR) is 65.9 cm³/mol. The Balaban J connectivity index is 0.000000980. The van der Waals surface area contributed by atoms with Crippen LogP contribution < -0.4 is 0 Å². The van der Waals surface area contributed by atoms with Crippen LogP contribution in [0.15, 0.2) is 30.3 Å². The normalized spacial score (nSPS) is 17.9. The number of benzene rings is 1. The molecule has 0 N–H and O–H groups in total. The average molecular weight is 198 g/mol. The first kappa shape index (κ1) is 11.8. The second-order valence-corrected chi connectivity index (χ2v) is 3.95. The molecule has 2 rings (SSSR count). The van der Waals surface area contributed by atoms with Gasteiger partial charge in [-0.15, -0.1) is 0 Å². The van der Waals surface area contributed by atoms with Crippen LogP contribution in [0.1, 0.15) is 23.5 Å². The van der Waals surface area contributed by atoms with Gasteiger partial charge in [-0.2, -0.15) is 0 Å². The Kier molecular flexibility index (Phi) is 4.70. The van der Waals surface area contributed by atoms with E-state index in [2.05, 4.69) is 36.4 Å². The van der Waals surface area contributed by atoms with Gasteiger partial charge < -0.3 is 4.43 Å². The molecule has 1 aromatic rings. The zero-order valence-electron chi connectivity index (χ0n) is 7.86. The molecule has 14 heavy (non-hydrogen) atoms. The summed E-state index contributed by atoms with van der Waals surface area (Å²) in [7, 11) is 0.852. The van der Waals surface area contributed by atoms with Crippen molar-refractivity contribution in [1.82, 2.24) is 0 Å². The van der Waals surface area contributed by atoms with E-state index >= 15 is 0 Å². The number of allylic oxidation sites excluding steroid dienone is 1.